The summed E-state index contributed by atoms with van der Waals surface area (Å²) < 4.78 is 16.4. The Morgan fingerprint density at radius 2 is 1.83 bits per heavy atom. The molecule has 0 radical (unpaired) electrons. The largest absolute Gasteiger partial charge is 0.493 e. The molecule has 0 aliphatic rings. The molecule has 5 nitrogen and oxygen atoms in total. The standard InChI is InChI=1S/C18H18N2O3/c1-3-11-22-15-10-9-14(12-16(15)21-2)17-19-18(23-20-17)13-7-5-4-6-8-13/h4-10,12H,3,11H2,1-2H3. The normalized spacial score (nSPS) is 10.5. The second-order valence-electron chi connectivity index (χ2n) is 5.00. The number of nitrogens with zero attached hydrogens (tertiary/aromatic N) is 2. The zero-order valence-corrected chi connectivity index (χ0v) is 13.2. The Bertz CT molecular complexity index is 769. The lowest BCUT2D eigenvalue weighted by Crippen LogP contribution is -1.98. The van der Waals surface area contributed by atoms with E-state index >= 15 is 0 Å². The van der Waals surface area contributed by atoms with E-state index in [0.717, 1.165) is 17.5 Å². The lowest BCUT2D eigenvalue weighted by Gasteiger charge is -2.10. The lowest BCUT2D eigenvalue weighted by molar-refractivity contribution is 0.294. The summed E-state index contributed by atoms with van der Waals surface area (Å²) in [6.07, 6.45) is 0.941. The highest BCUT2D eigenvalue weighted by Crippen LogP contribution is 2.32. The van der Waals surface area contributed by atoms with E-state index in [2.05, 4.69) is 17.1 Å². The first kappa shape index (κ1) is 15.1. The molecule has 0 amide bonds. The number of benzene rings is 2. The molecule has 0 saturated heterocycles. The van der Waals surface area contributed by atoms with Gasteiger partial charge in [0.1, 0.15) is 0 Å². The van der Waals surface area contributed by atoms with Gasteiger partial charge < -0.3 is 14.0 Å². The summed E-state index contributed by atoms with van der Waals surface area (Å²) in [6, 6.07) is 15.3. The van der Waals surface area contributed by atoms with Gasteiger partial charge in [-0.05, 0) is 36.8 Å². The molecule has 3 rings (SSSR count). The molecule has 0 atom stereocenters. The summed E-state index contributed by atoms with van der Waals surface area (Å²) in [6.45, 7) is 2.71. The monoisotopic (exact) mass is 310 g/mol. The predicted molar refractivity (Wildman–Crippen MR) is 87.5 cm³/mol. The van der Waals surface area contributed by atoms with Crippen molar-refractivity contribution < 1.29 is 14.0 Å². The maximum Gasteiger partial charge on any atom is 0.258 e. The van der Waals surface area contributed by atoms with Crippen molar-refractivity contribution in [2.24, 2.45) is 0 Å². The summed E-state index contributed by atoms with van der Waals surface area (Å²) >= 11 is 0. The van der Waals surface area contributed by atoms with E-state index in [0.29, 0.717) is 29.8 Å². The highest BCUT2D eigenvalue weighted by Gasteiger charge is 2.13. The fourth-order valence-electron chi connectivity index (χ4n) is 2.18. The Kier molecular flexibility index (Phi) is 4.57. The Hall–Kier alpha value is -2.82. The number of hydrogen-bond donors (Lipinski definition) is 0. The molecule has 0 fully saturated rings. The quantitative estimate of drug-likeness (QED) is 0.683. The fraction of sp³-hybridized carbons (Fsp3) is 0.222. The minimum absolute atomic E-state index is 0.492. The Morgan fingerprint density at radius 1 is 1.00 bits per heavy atom. The van der Waals surface area contributed by atoms with Crippen LogP contribution in [0.2, 0.25) is 0 Å². The van der Waals surface area contributed by atoms with Crippen molar-refractivity contribution in [3.8, 4) is 34.3 Å². The number of hydrogen-bond acceptors (Lipinski definition) is 5. The maximum atomic E-state index is 5.65. The molecule has 118 valence electrons. The molecule has 0 aliphatic carbocycles. The van der Waals surface area contributed by atoms with E-state index in [1.54, 1.807) is 7.11 Å². The third kappa shape index (κ3) is 3.34. The first-order chi connectivity index (χ1) is 11.3. The number of rotatable bonds is 6. The van der Waals surface area contributed by atoms with Gasteiger partial charge in [-0.15, -0.1) is 0 Å². The minimum Gasteiger partial charge on any atom is -0.493 e. The van der Waals surface area contributed by atoms with Gasteiger partial charge >= 0.3 is 0 Å². The third-order valence-corrected chi connectivity index (χ3v) is 3.33. The molecular weight excluding hydrogens is 292 g/mol. The van der Waals surface area contributed by atoms with Gasteiger partial charge in [0.15, 0.2) is 11.5 Å². The number of ether oxygens (including phenoxy) is 2. The average Bonchev–Trinajstić information content (AvgIpc) is 3.10. The van der Waals surface area contributed by atoms with Gasteiger partial charge in [0.2, 0.25) is 5.82 Å². The van der Waals surface area contributed by atoms with E-state index in [4.69, 9.17) is 14.0 Å². The van der Waals surface area contributed by atoms with Crippen LogP contribution in [0.4, 0.5) is 0 Å². The van der Waals surface area contributed by atoms with E-state index < -0.39 is 0 Å². The zero-order valence-electron chi connectivity index (χ0n) is 13.2. The highest BCUT2D eigenvalue weighted by atomic mass is 16.5. The maximum absolute atomic E-state index is 5.65. The van der Waals surface area contributed by atoms with Gasteiger partial charge in [0.05, 0.1) is 13.7 Å². The van der Waals surface area contributed by atoms with E-state index in [1.807, 2.05) is 48.5 Å². The Labute approximate surface area is 134 Å². The van der Waals surface area contributed by atoms with Gasteiger partial charge in [0.25, 0.3) is 5.89 Å². The van der Waals surface area contributed by atoms with Crippen LogP contribution >= 0.6 is 0 Å². The van der Waals surface area contributed by atoms with Gasteiger partial charge in [-0.1, -0.05) is 30.3 Å². The Balaban J connectivity index is 1.89. The van der Waals surface area contributed by atoms with Crippen LogP contribution in [0.1, 0.15) is 13.3 Å². The first-order valence-electron chi connectivity index (χ1n) is 7.52. The van der Waals surface area contributed by atoms with Crippen LogP contribution in [0.5, 0.6) is 11.5 Å². The van der Waals surface area contributed by atoms with E-state index in [1.165, 1.54) is 0 Å². The van der Waals surface area contributed by atoms with Crippen molar-refractivity contribution in [1.29, 1.82) is 0 Å². The summed E-state index contributed by atoms with van der Waals surface area (Å²) in [5.41, 5.74) is 1.71. The molecule has 0 aliphatic heterocycles. The van der Waals surface area contributed by atoms with Crippen LogP contribution in [-0.2, 0) is 0 Å². The zero-order chi connectivity index (χ0) is 16.1. The smallest absolute Gasteiger partial charge is 0.258 e. The molecule has 2 aromatic carbocycles. The highest BCUT2D eigenvalue weighted by molar-refractivity contribution is 5.63. The van der Waals surface area contributed by atoms with Crippen molar-refractivity contribution in [1.82, 2.24) is 10.1 Å². The molecule has 0 spiro atoms. The van der Waals surface area contributed by atoms with Crippen LogP contribution in [-0.4, -0.2) is 23.9 Å². The van der Waals surface area contributed by atoms with E-state index in [-0.39, 0.29) is 0 Å². The summed E-state index contributed by atoms with van der Waals surface area (Å²) in [5, 5.41) is 4.05. The van der Waals surface area contributed by atoms with Crippen molar-refractivity contribution in [2.45, 2.75) is 13.3 Å². The second kappa shape index (κ2) is 6.96. The van der Waals surface area contributed by atoms with Crippen LogP contribution < -0.4 is 9.47 Å². The van der Waals surface area contributed by atoms with Crippen molar-refractivity contribution in [3.63, 3.8) is 0 Å². The van der Waals surface area contributed by atoms with Crippen LogP contribution in [0.25, 0.3) is 22.8 Å². The molecule has 0 bridgehead atoms. The topological polar surface area (TPSA) is 57.4 Å². The second-order valence-corrected chi connectivity index (χ2v) is 5.00. The molecule has 0 saturated carbocycles. The molecular formula is C18H18N2O3. The number of aromatic nitrogens is 2. The lowest BCUT2D eigenvalue weighted by atomic mass is 10.2. The summed E-state index contributed by atoms with van der Waals surface area (Å²) in [5.74, 6) is 2.38. The Morgan fingerprint density at radius 3 is 2.57 bits per heavy atom. The summed E-state index contributed by atoms with van der Waals surface area (Å²) in [7, 11) is 1.61. The molecule has 23 heavy (non-hydrogen) atoms. The van der Waals surface area contributed by atoms with E-state index in [9.17, 15) is 0 Å². The van der Waals surface area contributed by atoms with Crippen molar-refractivity contribution in [2.75, 3.05) is 13.7 Å². The van der Waals surface area contributed by atoms with Crippen molar-refractivity contribution in [3.05, 3.63) is 48.5 Å². The fourth-order valence-corrected chi connectivity index (χ4v) is 2.18. The molecule has 3 aromatic rings. The predicted octanol–water partition coefficient (Wildman–Crippen LogP) is 4.20. The molecule has 5 heteroatoms. The van der Waals surface area contributed by atoms with Gasteiger partial charge in [0, 0.05) is 11.1 Å². The minimum atomic E-state index is 0.492. The van der Waals surface area contributed by atoms with Crippen LogP contribution in [0.15, 0.2) is 53.1 Å². The third-order valence-electron chi connectivity index (χ3n) is 3.33. The molecule has 0 N–H and O–H groups in total. The first-order valence-corrected chi connectivity index (χ1v) is 7.52. The van der Waals surface area contributed by atoms with Crippen molar-refractivity contribution >= 4 is 0 Å². The average molecular weight is 310 g/mol. The van der Waals surface area contributed by atoms with Crippen LogP contribution in [0, 0.1) is 0 Å². The number of methoxy groups -OCH3 is 1. The van der Waals surface area contributed by atoms with Gasteiger partial charge in [-0.2, -0.15) is 4.98 Å². The summed E-state index contributed by atoms with van der Waals surface area (Å²) in [4.78, 5) is 4.44. The SMILES string of the molecule is CCCOc1ccc(-c2noc(-c3ccccc3)n2)cc1OC. The molecule has 1 heterocycles. The van der Waals surface area contributed by atoms with Gasteiger partial charge in [-0.25, -0.2) is 0 Å². The van der Waals surface area contributed by atoms with Crippen LogP contribution in [0.3, 0.4) is 0 Å². The van der Waals surface area contributed by atoms with Gasteiger partial charge in [-0.3, -0.25) is 0 Å². The molecule has 0 unspecified atom stereocenters. The molecule has 1 aromatic heterocycles.